The summed E-state index contributed by atoms with van der Waals surface area (Å²) >= 11 is 0. The topological polar surface area (TPSA) is 22.4 Å². The summed E-state index contributed by atoms with van der Waals surface area (Å²) in [6.07, 6.45) is 8.34. The maximum atomic E-state index is 6.15. The Hall–Kier alpha value is -1.70. The highest BCUT2D eigenvalue weighted by atomic mass is 16.5. The van der Waals surface area contributed by atoms with E-state index in [0.717, 1.165) is 17.1 Å². The number of hydrogen-bond donors (Lipinski definition) is 0. The van der Waals surface area contributed by atoms with Crippen molar-refractivity contribution in [1.29, 1.82) is 0 Å². The first-order valence-corrected chi connectivity index (χ1v) is 6.73. The van der Waals surface area contributed by atoms with E-state index in [2.05, 4.69) is 6.07 Å². The van der Waals surface area contributed by atoms with Gasteiger partial charge >= 0.3 is 0 Å². The van der Waals surface area contributed by atoms with E-state index < -0.39 is 0 Å². The third-order valence-corrected chi connectivity index (χ3v) is 3.52. The molecule has 0 amide bonds. The zero-order valence-electron chi connectivity index (χ0n) is 10.5. The van der Waals surface area contributed by atoms with E-state index in [0.29, 0.717) is 6.10 Å². The number of hydrogen-bond acceptors (Lipinski definition) is 2. The first kappa shape index (κ1) is 11.4. The second kappa shape index (κ2) is 5.30. The fourth-order valence-electron chi connectivity index (χ4n) is 2.57. The summed E-state index contributed by atoms with van der Waals surface area (Å²) in [4.78, 5) is 0. The van der Waals surface area contributed by atoms with Crippen molar-refractivity contribution in [2.45, 2.75) is 38.2 Å². The summed E-state index contributed by atoms with van der Waals surface area (Å²) in [6, 6.07) is 12.0. The fraction of sp³-hybridized carbons (Fsp3) is 0.375. The van der Waals surface area contributed by atoms with Gasteiger partial charge in [-0.1, -0.05) is 18.6 Å². The van der Waals surface area contributed by atoms with Crippen LogP contribution in [-0.4, -0.2) is 6.10 Å². The number of rotatable bonds is 3. The van der Waals surface area contributed by atoms with Crippen molar-refractivity contribution in [3.8, 4) is 17.1 Å². The zero-order valence-corrected chi connectivity index (χ0v) is 10.5. The molecule has 2 nitrogen and oxygen atoms in total. The molecule has 0 bridgehead atoms. The molecule has 1 fully saturated rings. The second-order valence-electron chi connectivity index (χ2n) is 4.85. The van der Waals surface area contributed by atoms with Gasteiger partial charge in [-0.2, -0.15) is 0 Å². The number of ether oxygens (including phenoxy) is 1. The van der Waals surface area contributed by atoms with Crippen molar-refractivity contribution in [2.75, 3.05) is 0 Å². The molecule has 2 heteroatoms. The maximum Gasteiger partial charge on any atom is 0.137 e. The van der Waals surface area contributed by atoms with Crippen LogP contribution in [0.1, 0.15) is 32.1 Å². The molecule has 2 aromatic rings. The van der Waals surface area contributed by atoms with Crippen molar-refractivity contribution >= 4 is 0 Å². The van der Waals surface area contributed by atoms with Crippen LogP contribution in [0.4, 0.5) is 0 Å². The molecule has 94 valence electrons. The Labute approximate surface area is 108 Å². The molecule has 1 aromatic heterocycles. The maximum absolute atomic E-state index is 6.15. The largest absolute Gasteiger partial charge is 0.490 e. The van der Waals surface area contributed by atoms with Crippen molar-refractivity contribution < 1.29 is 9.15 Å². The SMILES string of the molecule is c1coc(-c2ccccc2OC2CCCCC2)c1. The van der Waals surface area contributed by atoms with Crippen LogP contribution in [0.3, 0.4) is 0 Å². The normalized spacial score (nSPS) is 16.7. The van der Waals surface area contributed by atoms with E-state index in [1.54, 1.807) is 6.26 Å². The lowest BCUT2D eigenvalue weighted by molar-refractivity contribution is 0.155. The van der Waals surface area contributed by atoms with Crippen molar-refractivity contribution in [3.63, 3.8) is 0 Å². The molecular formula is C16H18O2. The molecule has 3 rings (SSSR count). The minimum Gasteiger partial charge on any atom is -0.490 e. The fourth-order valence-corrected chi connectivity index (χ4v) is 2.57. The van der Waals surface area contributed by atoms with Crippen LogP contribution in [0.25, 0.3) is 11.3 Å². The van der Waals surface area contributed by atoms with Gasteiger partial charge in [-0.25, -0.2) is 0 Å². The van der Waals surface area contributed by atoms with Crippen LogP contribution in [0.5, 0.6) is 5.75 Å². The Morgan fingerprint density at radius 3 is 2.56 bits per heavy atom. The molecule has 0 aliphatic heterocycles. The first-order valence-electron chi connectivity index (χ1n) is 6.73. The van der Waals surface area contributed by atoms with Gasteiger partial charge in [0.15, 0.2) is 0 Å². The molecule has 0 spiro atoms. The van der Waals surface area contributed by atoms with E-state index in [9.17, 15) is 0 Å². The van der Waals surface area contributed by atoms with Gasteiger partial charge in [0.1, 0.15) is 11.5 Å². The molecule has 1 heterocycles. The van der Waals surface area contributed by atoms with E-state index in [-0.39, 0.29) is 0 Å². The molecule has 1 aliphatic carbocycles. The summed E-state index contributed by atoms with van der Waals surface area (Å²) in [5.41, 5.74) is 1.05. The standard InChI is InChI=1S/C16H18O2/c1-2-7-13(8-3-1)18-16-10-5-4-9-14(16)15-11-6-12-17-15/h4-6,9-13H,1-3,7-8H2. The molecule has 1 saturated carbocycles. The van der Waals surface area contributed by atoms with Crippen LogP contribution in [0.2, 0.25) is 0 Å². The number of para-hydroxylation sites is 1. The number of furan rings is 1. The minimum atomic E-state index is 0.370. The van der Waals surface area contributed by atoms with Gasteiger partial charge in [-0.15, -0.1) is 0 Å². The summed E-state index contributed by atoms with van der Waals surface area (Å²) in [5.74, 6) is 1.82. The summed E-state index contributed by atoms with van der Waals surface area (Å²) in [7, 11) is 0. The lowest BCUT2D eigenvalue weighted by atomic mass is 9.97. The van der Waals surface area contributed by atoms with Crippen molar-refractivity contribution in [2.24, 2.45) is 0 Å². The van der Waals surface area contributed by atoms with Gasteiger partial charge in [-0.05, 0) is 49.9 Å². The van der Waals surface area contributed by atoms with E-state index in [4.69, 9.17) is 9.15 Å². The molecule has 0 unspecified atom stereocenters. The molecule has 1 aromatic carbocycles. The molecule has 18 heavy (non-hydrogen) atoms. The van der Waals surface area contributed by atoms with E-state index >= 15 is 0 Å². The lowest BCUT2D eigenvalue weighted by Gasteiger charge is -2.24. The Bertz CT molecular complexity index is 482. The van der Waals surface area contributed by atoms with Gasteiger partial charge in [0.2, 0.25) is 0 Å². The van der Waals surface area contributed by atoms with Crippen LogP contribution >= 0.6 is 0 Å². The van der Waals surface area contributed by atoms with Gasteiger partial charge in [0.25, 0.3) is 0 Å². The molecule has 0 N–H and O–H groups in total. The highest BCUT2D eigenvalue weighted by Crippen LogP contribution is 2.32. The lowest BCUT2D eigenvalue weighted by Crippen LogP contribution is -2.19. The molecule has 0 atom stereocenters. The summed E-state index contributed by atoms with van der Waals surface area (Å²) < 4.78 is 11.6. The van der Waals surface area contributed by atoms with E-state index in [1.165, 1.54) is 32.1 Å². The molecule has 0 saturated heterocycles. The minimum absolute atomic E-state index is 0.370. The monoisotopic (exact) mass is 242 g/mol. The Kier molecular flexibility index (Phi) is 3.35. The van der Waals surface area contributed by atoms with Crippen LogP contribution in [0.15, 0.2) is 47.1 Å². The molecule has 0 radical (unpaired) electrons. The highest BCUT2D eigenvalue weighted by molar-refractivity contribution is 5.65. The van der Waals surface area contributed by atoms with Crippen LogP contribution in [0, 0.1) is 0 Å². The van der Waals surface area contributed by atoms with Crippen molar-refractivity contribution in [3.05, 3.63) is 42.7 Å². The highest BCUT2D eigenvalue weighted by Gasteiger charge is 2.17. The summed E-state index contributed by atoms with van der Waals surface area (Å²) in [6.45, 7) is 0. The van der Waals surface area contributed by atoms with Gasteiger partial charge in [0, 0.05) is 0 Å². The second-order valence-corrected chi connectivity index (χ2v) is 4.85. The third-order valence-electron chi connectivity index (χ3n) is 3.52. The Morgan fingerprint density at radius 2 is 1.78 bits per heavy atom. The Balaban J connectivity index is 1.83. The quantitative estimate of drug-likeness (QED) is 0.781. The summed E-state index contributed by atoms with van der Waals surface area (Å²) in [5, 5.41) is 0. The third kappa shape index (κ3) is 2.42. The first-order chi connectivity index (χ1) is 8.93. The molecule has 1 aliphatic rings. The smallest absolute Gasteiger partial charge is 0.137 e. The van der Waals surface area contributed by atoms with Gasteiger partial charge < -0.3 is 9.15 Å². The van der Waals surface area contributed by atoms with Crippen LogP contribution in [-0.2, 0) is 0 Å². The number of benzene rings is 1. The predicted molar refractivity (Wildman–Crippen MR) is 71.6 cm³/mol. The average molecular weight is 242 g/mol. The van der Waals surface area contributed by atoms with E-state index in [1.807, 2.05) is 30.3 Å². The van der Waals surface area contributed by atoms with Gasteiger partial charge in [0.05, 0.1) is 17.9 Å². The predicted octanol–water partition coefficient (Wildman–Crippen LogP) is 4.66. The zero-order chi connectivity index (χ0) is 12.2. The van der Waals surface area contributed by atoms with Crippen LogP contribution < -0.4 is 4.74 Å². The van der Waals surface area contributed by atoms with Gasteiger partial charge in [-0.3, -0.25) is 0 Å². The Morgan fingerprint density at radius 1 is 0.944 bits per heavy atom. The average Bonchev–Trinajstić information content (AvgIpc) is 2.94. The van der Waals surface area contributed by atoms with Crippen molar-refractivity contribution in [1.82, 2.24) is 0 Å². The molecular weight excluding hydrogens is 224 g/mol.